The highest BCUT2D eigenvalue weighted by Gasteiger charge is 2.62. The van der Waals surface area contributed by atoms with Gasteiger partial charge >= 0.3 is 6.09 Å². The van der Waals surface area contributed by atoms with E-state index in [2.05, 4.69) is 27.3 Å². The maximum atomic E-state index is 14.7. The second-order valence-electron chi connectivity index (χ2n) is 16.0. The first-order valence-electron chi connectivity index (χ1n) is 19.1. The molecule has 1 saturated heterocycles. The van der Waals surface area contributed by atoms with Crippen LogP contribution in [0.2, 0.25) is 0 Å². The summed E-state index contributed by atoms with van der Waals surface area (Å²) in [7, 11) is -3.89. The highest BCUT2D eigenvalue weighted by atomic mass is 32.2. The van der Waals surface area contributed by atoms with E-state index in [9.17, 15) is 27.6 Å². The van der Waals surface area contributed by atoms with Crippen molar-refractivity contribution in [3.63, 3.8) is 0 Å². The van der Waals surface area contributed by atoms with Crippen LogP contribution in [0.5, 0.6) is 11.6 Å². The topological polar surface area (TPSA) is 182 Å². The second-order valence-corrected chi connectivity index (χ2v) is 18.0. The molecule has 1 aromatic carbocycles. The van der Waals surface area contributed by atoms with Gasteiger partial charge in [0.1, 0.15) is 29.5 Å². The van der Waals surface area contributed by atoms with Crippen molar-refractivity contribution in [3.8, 4) is 11.6 Å². The molecule has 15 heteroatoms. The Labute approximate surface area is 317 Å². The normalized spacial score (nSPS) is 29.7. The van der Waals surface area contributed by atoms with Gasteiger partial charge in [0, 0.05) is 23.9 Å². The molecule has 3 N–H and O–H groups in total. The summed E-state index contributed by atoms with van der Waals surface area (Å²) < 4.78 is 45.7. The van der Waals surface area contributed by atoms with Crippen molar-refractivity contribution < 1.29 is 41.8 Å². The molecule has 14 nitrogen and oxygen atoms in total. The summed E-state index contributed by atoms with van der Waals surface area (Å²) in [6, 6.07) is 5.27. The number of ether oxygens (including phenoxy) is 3. The fourth-order valence-corrected chi connectivity index (χ4v) is 8.96. The van der Waals surface area contributed by atoms with Crippen molar-refractivity contribution in [2.45, 2.75) is 128 Å². The number of pyridine rings is 1. The van der Waals surface area contributed by atoms with Gasteiger partial charge in [-0.1, -0.05) is 26.0 Å². The van der Waals surface area contributed by atoms with Crippen molar-refractivity contribution in [1.82, 2.24) is 25.2 Å². The molecule has 2 saturated carbocycles. The van der Waals surface area contributed by atoms with Gasteiger partial charge in [-0.2, -0.15) is 0 Å². The van der Waals surface area contributed by atoms with Crippen LogP contribution in [0.4, 0.5) is 4.79 Å². The van der Waals surface area contributed by atoms with Crippen LogP contribution in [-0.2, 0) is 29.1 Å². The maximum absolute atomic E-state index is 14.7. The molecule has 3 heterocycles. The van der Waals surface area contributed by atoms with Crippen LogP contribution in [0.3, 0.4) is 0 Å². The highest BCUT2D eigenvalue weighted by molar-refractivity contribution is 7.91. The molecule has 294 valence electrons. The van der Waals surface area contributed by atoms with Gasteiger partial charge in [0.2, 0.25) is 27.7 Å². The molecular formula is C39H53N5O9S. The van der Waals surface area contributed by atoms with E-state index in [0.29, 0.717) is 42.7 Å². The third kappa shape index (κ3) is 8.93. The minimum atomic E-state index is -3.89. The molecule has 2 aromatic rings. The van der Waals surface area contributed by atoms with Gasteiger partial charge in [-0.05, 0) is 108 Å². The Morgan fingerprint density at radius 1 is 1.04 bits per heavy atom. The maximum Gasteiger partial charge on any atom is 0.408 e. The summed E-state index contributed by atoms with van der Waals surface area (Å²) in [5, 5.41) is 6.60. The van der Waals surface area contributed by atoms with Crippen molar-refractivity contribution >= 4 is 44.6 Å². The summed E-state index contributed by atoms with van der Waals surface area (Å²) in [4.78, 5) is 61.7. The fraction of sp³-hybridized carbons (Fsp3) is 0.615. The Balaban J connectivity index is 1.33. The molecule has 54 heavy (non-hydrogen) atoms. The Morgan fingerprint density at radius 2 is 1.80 bits per heavy atom. The predicted octanol–water partition coefficient (Wildman–Crippen LogP) is 4.37. The van der Waals surface area contributed by atoms with Crippen LogP contribution in [0.25, 0.3) is 10.8 Å². The third-order valence-corrected chi connectivity index (χ3v) is 12.4. The quantitative estimate of drug-likeness (QED) is 0.310. The Morgan fingerprint density at radius 3 is 2.50 bits per heavy atom. The number of carbonyl (C=O) groups is 4. The van der Waals surface area contributed by atoms with Crippen molar-refractivity contribution in [1.29, 1.82) is 0 Å². The Bertz CT molecular complexity index is 1900. The van der Waals surface area contributed by atoms with Crippen molar-refractivity contribution in [3.05, 3.63) is 42.6 Å². The van der Waals surface area contributed by atoms with Gasteiger partial charge < -0.3 is 29.7 Å². The fourth-order valence-electron chi connectivity index (χ4n) is 7.60. The number of rotatable bonds is 9. The van der Waals surface area contributed by atoms with Gasteiger partial charge in [-0.3, -0.25) is 19.1 Å². The standard InChI is InChI=1S/C39H53N5O9S/c1-22(2)51-28-11-14-31-26(18-28)15-16-40-35(31)53-29-19-32-34(45)42-39(37(47)43-54(49,50)30-12-13-30)20-27(39)10-8-7-9-24(5)17-25(6)33(36(46)44(32)21-29)41-38(48)52-23(3)4/h8,10-11,14-16,18,22-25,27,29-30,32-33H,7,9,12-13,17,19-21H2,1-6H3,(H,41,48)(H,42,45)(H,43,47)/b10-8-/t24-,25+,27+,29+,32-,33-,39+/m0/s1. The summed E-state index contributed by atoms with van der Waals surface area (Å²) in [5.41, 5.74) is -1.51. The Kier molecular flexibility index (Phi) is 11.5. The van der Waals surface area contributed by atoms with E-state index in [-0.39, 0.29) is 37.3 Å². The third-order valence-electron chi connectivity index (χ3n) is 10.6. The smallest absolute Gasteiger partial charge is 0.408 e. The van der Waals surface area contributed by atoms with Crippen LogP contribution in [-0.4, -0.2) is 89.8 Å². The zero-order valence-corrected chi connectivity index (χ0v) is 32.7. The lowest BCUT2D eigenvalue weighted by atomic mass is 9.88. The number of hydrogen-bond acceptors (Lipinski definition) is 10. The molecule has 2 aliphatic heterocycles. The van der Waals surface area contributed by atoms with E-state index in [0.717, 1.165) is 11.8 Å². The summed E-state index contributed by atoms with van der Waals surface area (Å²) in [6.45, 7) is 11.3. The van der Waals surface area contributed by atoms with Crippen LogP contribution >= 0.6 is 0 Å². The minimum Gasteiger partial charge on any atom is -0.491 e. The highest BCUT2D eigenvalue weighted by Crippen LogP contribution is 2.46. The number of hydrogen-bond donors (Lipinski definition) is 3. The lowest BCUT2D eigenvalue weighted by Crippen LogP contribution is -2.59. The molecule has 4 amide bonds. The van der Waals surface area contributed by atoms with Crippen LogP contribution in [0.15, 0.2) is 42.6 Å². The number of benzene rings is 1. The van der Waals surface area contributed by atoms with Crippen LogP contribution in [0.1, 0.15) is 86.5 Å². The van der Waals surface area contributed by atoms with Gasteiger partial charge in [-0.25, -0.2) is 18.2 Å². The average molecular weight is 768 g/mol. The number of nitrogens with one attached hydrogen (secondary N) is 3. The summed E-state index contributed by atoms with van der Waals surface area (Å²) in [6.07, 6.45) is 6.84. The van der Waals surface area contributed by atoms with E-state index >= 15 is 0 Å². The molecule has 0 unspecified atom stereocenters. The summed E-state index contributed by atoms with van der Waals surface area (Å²) in [5.74, 6) is -1.49. The molecule has 2 aliphatic carbocycles. The first-order valence-corrected chi connectivity index (χ1v) is 20.7. The SMILES string of the molecule is CC(C)OC(=O)N[C@@H]1C(=O)N2C[C@H](Oc3nccc4cc(OC(C)C)ccc34)C[C@H]2C(=O)N[C@]2(C(=O)NS(=O)(=O)C3CC3)C[C@H]2/C=C\CC[C@H](C)C[C@H]1C. The number of allylic oxidation sites excluding steroid dienone is 1. The average Bonchev–Trinajstić information content (AvgIpc) is 4.01. The van der Waals surface area contributed by atoms with Crippen molar-refractivity contribution in [2.75, 3.05) is 6.54 Å². The van der Waals surface area contributed by atoms with E-state index < -0.39 is 74.8 Å². The van der Waals surface area contributed by atoms with Crippen molar-refractivity contribution in [2.24, 2.45) is 17.8 Å². The first-order chi connectivity index (χ1) is 25.6. The summed E-state index contributed by atoms with van der Waals surface area (Å²) >= 11 is 0. The van der Waals surface area contributed by atoms with E-state index in [4.69, 9.17) is 14.2 Å². The number of sulfonamides is 1. The molecule has 0 radical (unpaired) electrons. The molecule has 0 spiro atoms. The minimum absolute atomic E-state index is 0.0121. The number of amides is 4. The number of aromatic nitrogens is 1. The zero-order chi connectivity index (χ0) is 38.9. The van der Waals surface area contributed by atoms with Gasteiger partial charge in [0.25, 0.3) is 5.91 Å². The van der Waals surface area contributed by atoms with E-state index in [1.54, 1.807) is 20.0 Å². The lowest BCUT2D eigenvalue weighted by Gasteiger charge is -2.33. The molecular weight excluding hydrogens is 715 g/mol. The number of alkyl carbamates (subject to hydrolysis) is 1. The monoisotopic (exact) mass is 767 g/mol. The molecule has 7 atom stereocenters. The molecule has 0 bridgehead atoms. The van der Waals surface area contributed by atoms with E-state index in [1.165, 1.54) is 4.90 Å². The second kappa shape index (κ2) is 15.8. The molecule has 4 aliphatic rings. The van der Waals surface area contributed by atoms with Gasteiger partial charge in [0.15, 0.2) is 0 Å². The van der Waals surface area contributed by atoms with Crippen LogP contribution < -0.4 is 24.8 Å². The molecule has 1 aromatic heterocycles. The van der Waals surface area contributed by atoms with Gasteiger partial charge in [-0.15, -0.1) is 0 Å². The lowest BCUT2D eigenvalue weighted by molar-refractivity contribution is -0.142. The Hall–Kier alpha value is -4.40. The number of nitrogens with zero attached hydrogens (tertiary/aromatic N) is 2. The number of carbonyl (C=O) groups excluding carboxylic acids is 4. The molecule has 3 fully saturated rings. The predicted molar refractivity (Wildman–Crippen MR) is 201 cm³/mol. The zero-order valence-electron chi connectivity index (χ0n) is 31.9. The van der Waals surface area contributed by atoms with E-state index in [1.807, 2.05) is 57.2 Å². The number of fused-ring (bicyclic) bond motifs is 3. The van der Waals surface area contributed by atoms with Crippen LogP contribution in [0, 0.1) is 17.8 Å². The first kappa shape index (κ1) is 39.3. The largest absolute Gasteiger partial charge is 0.491 e. The molecule has 6 rings (SSSR count). The van der Waals surface area contributed by atoms with Gasteiger partial charge in [0.05, 0.1) is 24.0 Å².